The van der Waals surface area contributed by atoms with E-state index in [0.717, 1.165) is 62.5 Å². The molecule has 1 aromatic heterocycles. The molecule has 2 heterocycles. The Morgan fingerprint density at radius 3 is 2.69 bits per heavy atom. The molecule has 1 unspecified atom stereocenters. The van der Waals surface area contributed by atoms with Crippen molar-refractivity contribution < 1.29 is 13.6 Å². The lowest BCUT2D eigenvalue weighted by Crippen LogP contribution is -2.56. The Labute approximate surface area is 168 Å². The van der Waals surface area contributed by atoms with Crippen molar-refractivity contribution in [2.24, 2.45) is 0 Å². The summed E-state index contributed by atoms with van der Waals surface area (Å²) < 4.78 is 29.8. The van der Waals surface area contributed by atoms with Crippen LogP contribution in [0.3, 0.4) is 0 Å². The molecule has 29 heavy (non-hydrogen) atoms. The molecule has 0 N–H and O–H groups in total. The van der Waals surface area contributed by atoms with E-state index < -0.39 is 23.1 Å². The summed E-state index contributed by atoms with van der Waals surface area (Å²) >= 11 is 0. The van der Waals surface area contributed by atoms with Gasteiger partial charge < -0.3 is 4.90 Å². The highest BCUT2D eigenvalue weighted by atomic mass is 19.1. The van der Waals surface area contributed by atoms with Crippen LogP contribution in [0.1, 0.15) is 60.7 Å². The van der Waals surface area contributed by atoms with Gasteiger partial charge in [0.2, 0.25) is 0 Å². The number of nitrogens with zero attached hydrogens (tertiary/aromatic N) is 6. The first-order valence-electron chi connectivity index (χ1n) is 10.1. The summed E-state index contributed by atoms with van der Waals surface area (Å²) in [6.45, 7) is 0.803. The summed E-state index contributed by atoms with van der Waals surface area (Å²) in [6, 6.07) is 3.24. The van der Waals surface area contributed by atoms with E-state index in [1.807, 2.05) is 23.7 Å². The molecule has 4 rings (SSSR count). The lowest BCUT2D eigenvalue weighted by Gasteiger charge is -2.46. The van der Waals surface area contributed by atoms with Crippen LogP contribution in [0.25, 0.3) is 0 Å². The molecule has 156 valence electrons. The summed E-state index contributed by atoms with van der Waals surface area (Å²) in [5, 5.41) is 12.6. The van der Waals surface area contributed by atoms with Gasteiger partial charge in [-0.3, -0.25) is 9.69 Å². The Hall–Kier alpha value is -2.42. The van der Waals surface area contributed by atoms with E-state index in [1.165, 1.54) is 0 Å². The Kier molecular flexibility index (Phi) is 5.33. The number of aromatic nitrogens is 4. The van der Waals surface area contributed by atoms with E-state index in [-0.39, 0.29) is 11.6 Å². The minimum atomic E-state index is -0.715. The molecule has 2 aromatic rings. The molecule has 1 saturated heterocycles. The molecule has 1 atom stereocenters. The van der Waals surface area contributed by atoms with Gasteiger partial charge in [-0.2, -0.15) is 0 Å². The maximum absolute atomic E-state index is 14.2. The van der Waals surface area contributed by atoms with Crippen molar-refractivity contribution in [2.75, 3.05) is 27.2 Å². The summed E-state index contributed by atoms with van der Waals surface area (Å²) in [7, 11) is 3.90. The molecule has 2 fully saturated rings. The van der Waals surface area contributed by atoms with Crippen LogP contribution >= 0.6 is 0 Å². The number of likely N-dealkylation sites (N-methyl/N-ethyl adjacent to an activating group) is 1. The van der Waals surface area contributed by atoms with E-state index in [1.54, 1.807) is 4.90 Å². The number of rotatable bonds is 4. The number of benzene rings is 1. The Balaban J connectivity index is 1.68. The van der Waals surface area contributed by atoms with Crippen LogP contribution in [0, 0.1) is 11.6 Å². The number of tetrazole rings is 1. The Bertz CT molecular complexity index is 895. The molecule has 1 amide bonds. The molecule has 2 aliphatic rings. The highest BCUT2D eigenvalue weighted by Crippen LogP contribution is 2.38. The standard InChI is InChI=1S/C20H26F2N6O/c1-26(2)20(19-23-24-25-28(19)15-6-3-4-7-15)10-5-11-27(13-20)18(29)16-12-14(21)8-9-17(16)22/h8-9,12,15H,3-7,10-11,13H2,1-2H3. The van der Waals surface area contributed by atoms with E-state index >= 15 is 0 Å². The molecule has 0 spiro atoms. The van der Waals surface area contributed by atoms with Crippen LogP contribution in [-0.4, -0.2) is 63.1 Å². The van der Waals surface area contributed by atoms with Crippen molar-refractivity contribution in [1.29, 1.82) is 0 Å². The maximum atomic E-state index is 14.2. The zero-order chi connectivity index (χ0) is 20.6. The quantitative estimate of drug-likeness (QED) is 0.784. The molecule has 1 aromatic carbocycles. The summed E-state index contributed by atoms with van der Waals surface area (Å²) in [5.74, 6) is -1.11. The highest BCUT2D eigenvalue weighted by molar-refractivity contribution is 5.94. The third kappa shape index (κ3) is 3.52. The number of hydrogen-bond donors (Lipinski definition) is 0. The molecule has 1 saturated carbocycles. The zero-order valence-corrected chi connectivity index (χ0v) is 16.8. The fourth-order valence-corrected chi connectivity index (χ4v) is 4.68. The zero-order valence-electron chi connectivity index (χ0n) is 16.8. The number of hydrogen-bond acceptors (Lipinski definition) is 5. The van der Waals surface area contributed by atoms with Crippen LogP contribution < -0.4 is 0 Å². The van der Waals surface area contributed by atoms with Crippen LogP contribution in [0.15, 0.2) is 18.2 Å². The van der Waals surface area contributed by atoms with Gasteiger partial charge in [0.05, 0.1) is 11.6 Å². The predicted molar refractivity (Wildman–Crippen MR) is 102 cm³/mol. The second-order valence-electron chi connectivity index (χ2n) is 8.27. The number of halogens is 2. The van der Waals surface area contributed by atoms with Gasteiger partial charge in [0, 0.05) is 13.1 Å². The van der Waals surface area contributed by atoms with Crippen LogP contribution in [-0.2, 0) is 5.54 Å². The lowest BCUT2D eigenvalue weighted by atomic mass is 9.86. The third-order valence-corrected chi connectivity index (χ3v) is 6.35. The molecule has 1 aliphatic carbocycles. The largest absolute Gasteiger partial charge is 0.336 e. The summed E-state index contributed by atoms with van der Waals surface area (Å²) in [5.41, 5.74) is -0.820. The first kappa shape index (κ1) is 19.9. The van der Waals surface area contributed by atoms with Gasteiger partial charge in [0.25, 0.3) is 5.91 Å². The van der Waals surface area contributed by atoms with Gasteiger partial charge in [0.15, 0.2) is 5.82 Å². The van der Waals surface area contributed by atoms with Gasteiger partial charge in [0.1, 0.15) is 17.2 Å². The van der Waals surface area contributed by atoms with Crippen molar-refractivity contribution in [3.05, 3.63) is 41.2 Å². The minimum absolute atomic E-state index is 0.241. The smallest absolute Gasteiger partial charge is 0.257 e. The van der Waals surface area contributed by atoms with Crippen molar-refractivity contribution in [3.63, 3.8) is 0 Å². The topological polar surface area (TPSA) is 67.2 Å². The summed E-state index contributed by atoms with van der Waals surface area (Å²) in [6.07, 6.45) is 5.89. The van der Waals surface area contributed by atoms with Gasteiger partial charge in [-0.1, -0.05) is 12.8 Å². The van der Waals surface area contributed by atoms with E-state index in [9.17, 15) is 13.6 Å². The van der Waals surface area contributed by atoms with Crippen LogP contribution in [0.5, 0.6) is 0 Å². The monoisotopic (exact) mass is 404 g/mol. The fraction of sp³-hybridized carbons (Fsp3) is 0.600. The van der Waals surface area contributed by atoms with Crippen molar-refractivity contribution in [1.82, 2.24) is 30.0 Å². The fourth-order valence-electron chi connectivity index (χ4n) is 4.68. The van der Waals surface area contributed by atoms with Gasteiger partial charge in [-0.25, -0.2) is 13.5 Å². The molecular weight excluding hydrogens is 378 g/mol. The van der Waals surface area contributed by atoms with Gasteiger partial charge in [-0.15, -0.1) is 5.10 Å². The number of carbonyl (C=O) groups is 1. The maximum Gasteiger partial charge on any atom is 0.257 e. The minimum Gasteiger partial charge on any atom is -0.336 e. The van der Waals surface area contributed by atoms with Crippen molar-refractivity contribution in [2.45, 2.75) is 50.1 Å². The third-order valence-electron chi connectivity index (χ3n) is 6.35. The number of amides is 1. The van der Waals surface area contributed by atoms with E-state index in [4.69, 9.17) is 0 Å². The highest BCUT2D eigenvalue weighted by Gasteiger charge is 2.46. The summed E-state index contributed by atoms with van der Waals surface area (Å²) in [4.78, 5) is 16.7. The Morgan fingerprint density at radius 1 is 1.21 bits per heavy atom. The van der Waals surface area contributed by atoms with E-state index in [0.29, 0.717) is 13.1 Å². The van der Waals surface area contributed by atoms with Gasteiger partial charge >= 0.3 is 0 Å². The first-order chi connectivity index (χ1) is 13.9. The van der Waals surface area contributed by atoms with Crippen LogP contribution in [0.2, 0.25) is 0 Å². The number of likely N-dealkylation sites (tertiary alicyclic amines) is 1. The second kappa shape index (κ2) is 7.78. The average molecular weight is 404 g/mol. The average Bonchev–Trinajstić information content (AvgIpc) is 3.40. The van der Waals surface area contributed by atoms with Crippen LogP contribution in [0.4, 0.5) is 8.78 Å². The molecular formula is C20H26F2N6O. The van der Waals surface area contributed by atoms with Crippen molar-refractivity contribution in [3.8, 4) is 0 Å². The molecule has 7 nitrogen and oxygen atoms in total. The lowest BCUT2D eigenvalue weighted by molar-refractivity contribution is 0.0247. The van der Waals surface area contributed by atoms with E-state index in [2.05, 4.69) is 15.5 Å². The normalized spacial score (nSPS) is 23.1. The second-order valence-corrected chi connectivity index (χ2v) is 8.27. The molecule has 0 bridgehead atoms. The SMILES string of the molecule is CN(C)C1(c2nnnn2C2CCCC2)CCCN(C(=O)c2cc(F)ccc2F)C1. The molecule has 9 heteroatoms. The predicted octanol–water partition coefficient (Wildman–Crippen LogP) is 2.76. The van der Waals surface area contributed by atoms with Crippen molar-refractivity contribution >= 4 is 5.91 Å². The first-order valence-corrected chi connectivity index (χ1v) is 10.1. The number of carbonyl (C=O) groups excluding carboxylic acids is 1. The molecule has 0 radical (unpaired) electrons. The molecule has 1 aliphatic heterocycles. The number of piperidine rings is 1. The Morgan fingerprint density at radius 2 is 1.97 bits per heavy atom. The van der Waals surface area contributed by atoms with Gasteiger partial charge in [-0.05, 0) is 68.4 Å².